The number of carbonyl (C=O) groups is 1. The zero-order chi connectivity index (χ0) is 18.3. The molecule has 0 aliphatic carbocycles. The summed E-state index contributed by atoms with van der Waals surface area (Å²) in [7, 11) is 1.94. The number of aryl methyl sites for hydroxylation is 1. The van der Waals surface area contributed by atoms with Crippen LogP contribution in [0.25, 0.3) is 21.6 Å². The van der Waals surface area contributed by atoms with Gasteiger partial charge in [-0.05, 0) is 24.3 Å². The van der Waals surface area contributed by atoms with Gasteiger partial charge in [-0.25, -0.2) is 13.8 Å². The van der Waals surface area contributed by atoms with Crippen molar-refractivity contribution in [3.63, 3.8) is 0 Å². The molecule has 1 N–H and O–H groups in total. The maximum absolute atomic E-state index is 13.7. The Kier molecular flexibility index (Phi) is 4.00. The van der Waals surface area contributed by atoms with Crippen LogP contribution < -0.4 is 5.32 Å². The van der Waals surface area contributed by atoms with Gasteiger partial charge in [-0.1, -0.05) is 18.2 Å². The normalized spacial score (nSPS) is 11.0. The van der Waals surface area contributed by atoms with Crippen molar-refractivity contribution in [2.24, 2.45) is 7.05 Å². The Morgan fingerprint density at radius 1 is 1.15 bits per heavy atom. The predicted molar refractivity (Wildman–Crippen MR) is 98.3 cm³/mol. The number of para-hydroxylation sites is 1. The first kappa shape index (κ1) is 16.4. The number of hydrogen-bond acceptors (Lipinski definition) is 3. The minimum atomic E-state index is -0.831. The third kappa shape index (κ3) is 2.86. The van der Waals surface area contributed by atoms with Gasteiger partial charge in [-0.15, -0.1) is 11.3 Å². The Labute approximate surface area is 151 Å². The lowest BCUT2D eigenvalue weighted by atomic mass is 10.2. The molecule has 4 rings (SSSR count). The SMILES string of the molecule is Cn1c(-c2nc(C(=O)Nc3ccc(F)cc3F)cs2)cc2ccccc21. The molecule has 0 spiro atoms. The molecule has 4 aromatic rings. The fourth-order valence-electron chi connectivity index (χ4n) is 2.77. The van der Waals surface area contributed by atoms with Crippen molar-refractivity contribution in [1.29, 1.82) is 0 Å². The van der Waals surface area contributed by atoms with E-state index >= 15 is 0 Å². The number of carbonyl (C=O) groups excluding carboxylic acids is 1. The molecular formula is C19H13F2N3OS. The van der Waals surface area contributed by atoms with E-state index in [9.17, 15) is 13.6 Å². The Morgan fingerprint density at radius 2 is 1.96 bits per heavy atom. The van der Waals surface area contributed by atoms with E-state index in [0.29, 0.717) is 5.01 Å². The van der Waals surface area contributed by atoms with Crippen LogP contribution in [0, 0.1) is 11.6 Å². The zero-order valence-corrected chi connectivity index (χ0v) is 14.5. The number of hydrogen-bond donors (Lipinski definition) is 1. The second kappa shape index (κ2) is 6.34. The lowest BCUT2D eigenvalue weighted by molar-refractivity contribution is 0.102. The van der Waals surface area contributed by atoms with Crippen molar-refractivity contribution in [2.75, 3.05) is 5.32 Å². The van der Waals surface area contributed by atoms with E-state index in [4.69, 9.17) is 0 Å². The van der Waals surface area contributed by atoms with Crippen LogP contribution in [0.2, 0.25) is 0 Å². The van der Waals surface area contributed by atoms with Crippen LogP contribution in [0.4, 0.5) is 14.5 Å². The van der Waals surface area contributed by atoms with Gasteiger partial charge >= 0.3 is 0 Å². The Bertz CT molecular complexity index is 1130. The largest absolute Gasteiger partial charge is 0.342 e. The standard InChI is InChI=1S/C19H13F2N3OS/c1-24-16-5-3-2-4-11(16)8-17(24)19-23-15(10-26-19)18(25)22-14-7-6-12(20)9-13(14)21/h2-10H,1H3,(H,22,25). The van der Waals surface area contributed by atoms with E-state index in [2.05, 4.69) is 10.3 Å². The van der Waals surface area contributed by atoms with Gasteiger partial charge in [-0.3, -0.25) is 4.79 Å². The average molecular weight is 369 g/mol. The molecule has 130 valence electrons. The maximum Gasteiger partial charge on any atom is 0.275 e. The summed E-state index contributed by atoms with van der Waals surface area (Å²) in [5.41, 5.74) is 2.05. The number of halogens is 2. The van der Waals surface area contributed by atoms with Crippen LogP contribution in [0.3, 0.4) is 0 Å². The number of aromatic nitrogens is 2. The predicted octanol–water partition coefficient (Wildman–Crippen LogP) is 4.83. The van der Waals surface area contributed by atoms with E-state index in [-0.39, 0.29) is 11.4 Å². The first-order valence-corrected chi connectivity index (χ1v) is 8.67. The molecule has 0 aliphatic rings. The maximum atomic E-state index is 13.7. The fourth-order valence-corrected chi connectivity index (χ4v) is 3.62. The highest BCUT2D eigenvalue weighted by molar-refractivity contribution is 7.13. The monoisotopic (exact) mass is 369 g/mol. The zero-order valence-electron chi connectivity index (χ0n) is 13.7. The highest BCUT2D eigenvalue weighted by Crippen LogP contribution is 2.29. The topological polar surface area (TPSA) is 46.9 Å². The van der Waals surface area contributed by atoms with E-state index in [0.717, 1.165) is 28.7 Å². The summed E-state index contributed by atoms with van der Waals surface area (Å²) < 4.78 is 28.7. The summed E-state index contributed by atoms with van der Waals surface area (Å²) in [5, 5.41) is 5.80. The van der Waals surface area contributed by atoms with Crippen LogP contribution in [-0.4, -0.2) is 15.5 Å². The first-order chi connectivity index (χ1) is 12.5. The second-order valence-corrected chi connectivity index (χ2v) is 6.62. The Morgan fingerprint density at radius 3 is 2.73 bits per heavy atom. The third-order valence-electron chi connectivity index (χ3n) is 4.09. The molecule has 7 heteroatoms. The van der Waals surface area contributed by atoms with Gasteiger partial charge in [0.15, 0.2) is 0 Å². The Balaban J connectivity index is 1.62. The van der Waals surface area contributed by atoms with Crippen molar-refractivity contribution in [3.05, 3.63) is 71.2 Å². The summed E-state index contributed by atoms with van der Waals surface area (Å²) in [5.74, 6) is -2.08. The number of anilines is 1. The second-order valence-electron chi connectivity index (χ2n) is 5.76. The smallest absolute Gasteiger partial charge is 0.275 e. The molecule has 0 fully saturated rings. The molecule has 1 amide bonds. The van der Waals surface area contributed by atoms with E-state index in [1.807, 2.05) is 41.9 Å². The molecule has 0 unspecified atom stereocenters. The van der Waals surface area contributed by atoms with Crippen LogP contribution in [0.1, 0.15) is 10.5 Å². The number of rotatable bonds is 3. The van der Waals surface area contributed by atoms with Gasteiger partial charge in [0.2, 0.25) is 0 Å². The van der Waals surface area contributed by atoms with Gasteiger partial charge in [-0.2, -0.15) is 0 Å². The number of nitrogens with zero attached hydrogens (tertiary/aromatic N) is 2. The molecule has 0 atom stereocenters. The van der Waals surface area contributed by atoms with Gasteiger partial charge in [0.1, 0.15) is 22.3 Å². The molecule has 2 heterocycles. The van der Waals surface area contributed by atoms with Crippen molar-refractivity contribution in [1.82, 2.24) is 9.55 Å². The van der Waals surface area contributed by atoms with Crippen LogP contribution >= 0.6 is 11.3 Å². The lowest BCUT2D eigenvalue weighted by Gasteiger charge is -2.04. The molecule has 2 aromatic heterocycles. The van der Waals surface area contributed by atoms with Gasteiger partial charge < -0.3 is 9.88 Å². The van der Waals surface area contributed by atoms with E-state index in [1.54, 1.807) is 5.38 Å². The molecule has 0 radical (unpaired) electrons. The number of amides is 1. The van der Waals surface area contributed by atoms with Gasteiger partial charge in [0.05, 0.1) is 11.4 Å². The molecule has 0 saturated carbocycles. The molecule has 4 nitrogen and oxygen atoms in total. The quantitative estimate of drug-likeness (QED) is 0.562. The molecule has 26 heavy (non-hydrogen) atoms. The molecular weight excluding hydrogens is 356 g/mol. The van der Waals surface area contributed by atoms with Crippen molar-refractivity contribution < 1.29 is 13.6 Å². The number of benzene rings is 2. The molecule has 0 bridgehead atoms. The summed E-state index contributed by atoms with van der Waals surface area (Å²) in [4.78, 5) is 16.7. The molecule has 0 saturated heterocycles. The summed E-state index contributed by atoms with van der Waals surface area (Å²) in [6, 6.07) is 12.9. The van der Waals surface area contributed by atoms with E-state index < -0.39 is 17.5 Å². The Hall–Kier alpha value is -3.06. The highest BCUT2D eigenvalue weighted by Gasteiger charge is 2.16. The van der Waals surface area contributed by atoms with Crippen LogP contribution in [0.15, 0.2) is 53.9 Å². The van der Waals surface area contributed by atoms with Crippen LogP contribution in [0.5, 0.6) is 0 Å². The summed E-state index contributed by atoms with van der Waals surface area (Å²) in [6.07, 6.45) is 0. The molecule has 0 aliphatic heterocycles. The minimum Gasteiger partial charge on any atom is -0.342 e. The lowest BCUT2D eigenvalue weighted by Crippen LogP contribution is -2.13. The fraction of sp³-hybridized carbons (Fsp3) is 0.0526. The number of nitrogens with one attached hydrogen (secondary N) is 1. The number of thiazole rings is 1. The van der Waals surface area contributed by atoms with Crippen LogP contribution in [-0.2, 0) is 7.05 Å². The van der Waals surface area contributed by atoms with Crippen molar-refractivity contribution in [2.45, 2.75) is 0 Å². The van der Waals surface area contributed by atoms with E-state index in [1.165, 1.54) is 17.4 Å². The number of fused-ring (bicyclic) bond motifs is 1. The average Bonchev–Trinajstić information content (AvgIpc) is 3.23. The van der Waals surface area contributed by atoms with Crippen molar-refractivity contribution >= 4 is 33.8 Å². The molecule has 2 aromatic carbocycles. The minimum absolute atomic E-state index is 0.0874. The van der Waals surface area contributed by atoms with Gasteiger partial charge in [0.25, 0.3) is 5.91 Å². The third-order valence-corrected chi connectivity index (χ3v) is 4.95. The first-order valence-electron chi connectivity index (χ1n) is 7.79. The summed E-state index contributed by atoms with van der Waals surface area (Å²) >= 11 is 1.33. The van der Waals surface area contributed by atoms with Gasteiger partial charge in [0, 0.05) is 29.4 Å². The summed E-state index contributed by atoms with van der Waals surface area (Å²) in [6.45, 7) is 0. The van der Waals surface area contributed by atoms with Crippen molar-refractivity contribution in [3.8, 4) is 10.7 Å². The highest BCUT2D eigenvalue weighted by atomic mass is 32.1.